The number of thioether (sulfide) groups is 1. The summed E-state index contributed by atoms with van der Waals surface area (Å²) in [4.78, 5) is 42.3. The van der Waals surface area contributed by atoms with Crippen LogP contribution in [0.2, 0.25) is 5.02 Å². The molecule has 45 heavy (non-hydrogen) atoms. The number of rotatable bonds is 10. The van der Waals surface area contributed by atoms with Crippen molar-refractivity contribution in [3.63, 3.8) is 0 Å². The highest BCUT2D eigenvalue weighted by Gasteiger charge is 2.19. The largest absolute Gasteiger partial charge is 0.321 e. The van der Waals surface area contributed by atoms with Crippen LogP contribution in [0.25, 0.3) is 6.08 Å². The molecule has 5 aromatic rings. The van der Waals surface area contributed by atoms with E-state index in [4.69, 9.17) is 11.6 Å². The molecule has 0 radical (unpaired) electrons. The van der Waals surface area contributed by atoms with Crippen LogP contribution in [0.4, 0.5) is 21.5 Å². The Bertz CT molecular complexity index is 1780. The first-order chi connectivity index (χ1) is 21.9. The highest BCUT2D eigenvalue weighted by atomic mass is 35.5. The molecule has 0 aromatic heterocycles. The fourth-order valence-electron chi connectivity index (χ4n) is 4.40. The van der Waals surface area contributed by atoms with Gasteiger partial charge in [-0.2, -0.15) is 0 Å². The third-order valence-electron chi connectivity index (χ3n) is 6.55. The van der Waals surface area contributed by atoms with Crippen LogP contribution in [0.15, 0.2) is 144 Å². The molecule has 0 saturated carbocycles. The van der Waals surface area contributed by atoms with Crippen molar-refractivity contribution < 1.29 is 18.8 Å². The van der Waals surface area contributed by atoms with Gasteiger partial charge in [0.15, 0.2) is 0 Å². The van der Waals surface area contributed by atoms with Crippen LogP contribution in [0.5, 0.6) is 0 Å². The monoisotopic (exact) mass is 635 g/mol. The summed E-state index contributed by atoms with van der Waals surface area (Å²) >= 11 is 7.53. The van der Waals surface area contributed by atoms with Crippen LogP contribution in [-0.4, -0.2) is 23.5 Å². The van der Waals surface area contributed by atoms with E-state index in [0.29, 0.717) is 11.3 Å². The first kappa shape index (κ1) is 31.3. The number of hydrogen-bond donors (Lipinski definition) is 2. The van der Waals surface area contributed by atoms with Crippen LogP contribution < -0.4 is 15.5 Å². The number of anilines is 3. The third kappa shape index (κ3) is 8.26. The first-order valence-corrected chi connectivity index (χ1v) is 15.2. The lowest BCUT2D eigenvalue weighted by molar-refractivity contribution is -0.115. The van der Waals surface area contributed by atoms with Crippen molar-refractivity contribution in [1.82, 2.24) is 5.32 Å². The topological polar surface area (TPSA) is 78.5 Å². The Balaban J connectivity index is 1.33. The zero-order valence-corrected chi connectivity index (χ0v) is 25.4. The average Bonchev–Trinajstić information content (AvgIpc) is 3.06. The highest BCUT2D eigenvalue weighted by molar-refractivity contribution is 8.00. The van der Waals surface area contributed by atoms with Gasteiger partial charge in [0, 0.05) is 33.1 Å². The number of amides is 3. The SMILES string of the molecule is O=C(Nc1cccc(SCC(=O)N(c2ccccc2)c2ccccc2)c1)/C(=C/c1c(F)cccc1Cl)NC(=O)c1ccccc1. The second-order valence-electron chi connectivity index (χ2n) is 9.68. The molecule has 0 fully saturated rings. The summed E-state index contributed by atoms with van der Waals surface area (Å²) in [5, 5.41) is 5.43. The molecule has 0 aliphatic carbocycles. The molecule has 0 unspecified atom stereocenters. The van der Waals surface area contributed by atoms with E-state index in [9.17, 15) is 18.8 Å². The number of nitrogens with zero attached hydrogens (tertiary/aromatic N) is 1. The fourth-order valence-corrected chi connectivity index (χ4v) is 5.42. The number of halogens is 2. The highest BCUT2D eigenvalue weighted by Crippen LogP contribution is 2.29. The Morgan fingerprint density at radius 3 is 1.98 bits per heavy atom. The van der Waals surface area contributed by atoms with Gasteiger partial charge in [-0.1, -0.05) is 78.3 Å². The van der Waals surface area contributed by atoms with Gasteiger partial charge >= 0.3 is 0 Å². The van der Waals surface area contributed by atoms with Gasteiger partial charge in [0.2, 0.25) is 5.91 Å². The molecule has 0 aliphatic rings. The van der Waals surface area contributed by atoms with Gasteiger partial charge in [0.05, 0.1) is 10.8 Å². The lowest BCUT2D eigenvalue weighted by Gasteiger charge is -2.23. The Morgan fingerprint density at radius 1 is 0.756 bits per heavy atom. The quantitative estimate of drug-likeness (QED) is 0.119. The van der Waals surface area contributed by atoms with E-state index in [-0.39, 0.29) is 27.9 Å². The summed E-state index contributed by atoms with van der Waals surface area (Å²) in [7, 11) is 0. The maximum atomic E-state index is 14.6. The number of hydrogen-bond acceptors (Lipinski definition) is 4. The van der Waals surface area contributed by atoms with E-state index in [1.54, 1.807) is 53.4 Å². The van der Waals surface area contributed by atoms with Gasteiger partial charge in [0.1, 0.15) is 11.5 Å². The normalized spacial score (nSPS) is 11.0. The van der Waals surface area contributed by atoms with Crippen molar-refractivity contribution in [2.75, 3.05) is 16.0 Å². The van der Waals surface area contributed by atoms with E-state index in [1.165, 1.54) is 36.0 Å². The molecule has 6 nitrogen and oxygen atoms in total. The molecule has 5 rings (SSSR count). The van der Waals surface area contributed by atoms with Gasteiger partial charge in [-0.05, 0) is 72.8 Å². The van der Waals surface area contributed by atoms with Crippen LogP contribution in [-0.2, 0) is 9.59 Å². The average molecular weight is 636 g/mol. The molecule has 2 N–H and O–H groups in total. The Kier molecular flexibility index (Phi) is 10.4. The molecular weight excluding hydrogens is 609 g/mol. The van der Waals surface area contributed by atoms with Crippen molar-refractivity contribution in [2.45, 2.75) is 4.90 Å². The Morgan fingerprint density at radius 2 is 1.36 bits per heavy atom. The van der Waals surface area contributed by atoms with Crippen molar-refractivity contribution in [2.24, 2.45) is 0 Å². The summed E-state index contributed by atoms with van der Waals surface area (Å²) < 4.78 is 14.6. The summed E-state index contributed by atoms with van der Waals surface area (Å²) in [5.41, 5.74) is 2.00. The zero-order valence-electron chi connectivity index (χ0n) is 23.8. The van der Waals surface area contributed by atoms with E-state index in [0.717, 1.165) is 16.3 Å². The molecular formula is C36H27ClFN3O3S. The number of carbonyl (C=O) groups excluding carboxylic acids is 3. The van der Waals surface area contributed by atoms with Crippen molar-refractivity contribution in [3.8, 4) is 0 Å². The molecule has 224 valence electrons. The molecule has 0 saturated heterocycles. The minimum Gasteiger partial charge on any atom is -0.321 e. The number of benzene rings is 5. The first-order valence-electron chi connectivity index (χ1n) is 13.9. The number of carbonyl (C=O) groups is 3. The minimum atomic E-state index is -0.684. The number of para-hydroxylation sites is 2. The molecule has 0 spiro atoms. The predicted molar refractivity (Wildman–Crippen MR) is 179 cm³/mol. The maximum absolute atomic E-state index is 14.6. The van der Waals surface area contributed by atoms with Crippen LogP contribution in [0, 0.1) is 5.82 Å². The van der Waals surface area contributed by atoms with E-state index in [2.05, 4.69) is 10.6 Å². The molecule has 9 heteroatoms. The fraction of sp³-hybridized carbons (Fsp3) is 0.0278. The van der Waals surface area contributed by atoms with Gasteiger partial charge in [-0.3, -0.25) is 19.3 Å². The van der Waals surface area contributed by atoms with Crippen molar-refractivity contribution >= 4 is 64.2 Å². The summed E-state index contributed by atoms with van der Waals surface area (Å²) in [6.07, 6.45) is 1.20. The summed E-state index contributed by atoms with van der Waals surface area (Å²) in [6.45, 7) is 0. The maximum Gasteiger partial charge on any atom is 0.272 e. The van der Waals surface area contributed by atoms with Gasteiger partial charge in [-0.25, -0.2) is 4.39 Å². The second-order valence-corrected chi connectivity index (χ2v) is 11.1. The van der Waals surface area contributed by atoms with E-state index >= 15 is 0 Å². The molecule has 0 heterocycles. The van der Waals surface area contributed by atoms with E-state index < -0.39 is 17.6 Å². The number of nitrogens with one attached hydrogen (secondary N) is 2. The van der Waals surface area contributed by atoms with Crippen molar-refractivity contribution in [1.29, 1.82) is 0 Å². The van der Waals surface area contributed by atoms with Crippen LogP contribution in [0.1, 0.15) is 15.9 Å². The lowest BCUT2D eigenvalue weighted by Crippen LogP contribution is -2.30. The predicted octanol–water partition coefficient (Wildman–Crippen LogP) is 8.35. The minimum absolute atomic E-state index is 0.0399. The standard InChI is InChI=1S/C36H27ClFN3O3S/c37-31-20-11-21-32(38)30(31)23-33(40-35(43)25-12-4-1-5-13-25)36(44)39-26-14-10-19-29(22-26)45-24-34(42)41(27-15-6-2-7-16-27)28-17-8-3-9-18-28/h1-23H,24H2,(H,39,44)(H,40,43)/b33-23-. The molecule has 0 atom stereocenters. The van der Waals surface area contributed by atoms with Crippen LogP contribution in [0.3, 0.4) is 0 Å². The Hall–Kier alpha value is -5.18. The zero-order chi connectivity index (χ0) is 31.6. The lowest BCUT2D eigenvalue weighted by atomic mass is 10.1. The summed E-state index contributed by atoms with van der Waals surface area (Å²) in [6, 6.07) is 38.3. The van der Waals surface area contributed by atoms with Gasteiger partial charge in [-0.15, -0.1) is 11.8 Å². The smallest absolute Gasteiger partial charge is 0.272 e. The van der Waals surface area contributed by atoms with Gasteiger partial charge in [0.25, 0.3) is 11.8 Å². The molecule has 0 aliphatic heterocycles. The molecule has 5 aromatic carbocycles. The second kappa shape index (κ2) is 15.0. The van der Waals surface area contributed by atoms with Gasteiger partial charge < -0.3 is 10.6 Å². The van der Waals surface area contributed by atoms with Crippen LogP contribution >= 0.6 is 23.4 Å². The molecule has 3 amide bonds. The molecule has 0 bridgehead atoms. The van der Waals surface area contributed by atoms with Crippen molar-refractivity contribution in [3.05, 3.63) is 161 Å². The van der Waals surface area contributed by atoms with E-state index in [1.807, 2.05) is 66.7 Å². The third-order valence-corrected chi connectivity index (χ3v) is 7.86. The Labute approximate surface area is 269 Å². The summed E-state index contributed by atoms with van der Waals surface area (Å²) in [5.74, 6) is -1.87.